The number of para-hydroxylation sites is 2. The normalized spacial score (nSPS) is 18.2. The summed E-state index contributed by atoms with van der Waals surface area (Å²) in [6.07, 6.45) is 2.94. The summed E-state index contributed by atoms with van der Waals surface area (Å²) in [4.78, 5) is 32.4. The Morgan fingerprint density at radius 2 is 1.57 bits per heavy atom. The zero-order chi connectivity index (χ0) is 25.2. The fourth-order valence-electron chi connectivity index (χ4n) is 6.00. The molecule has 0 atom stereocenters. The van der Waals surface area contributed by atoms with Gasteiger partial charge in [0, 0.05) is 31.7 Å². The number of fused-ring (bicyclic) bond motifs is 2. The number of anilines is 1. The molecule has 3 aliphatic heterocycles. The lowest BCUT2D eigenvalue weighted by atomic mass is 9.86. The summed E-state index contributed by atoms with van der Waals surface area (Å²) < 4.78 is 5.58. The zero-order valence-corrected chi connectivity index (χ0v) is 21.1. The number of piperidine rings is 1. The maximum absolute atomic E-state index is 13.6. The first kappa shape index (κ1) is 23.7. The molecular formula is C31H33N3O3. The summed E-state index contributed by atoms with van der Waals surface area (Å²) >= 11 is 0. The Morgan fingerprint density at radius 3 is 2.43 bits per heavy atom. The summed E-state index contributed by atoms with van der Waals surface area (Å²) in [5.41, 5.74) is 5.52. The van der Waals surface area contributed by atoms with Gasteiger partial charge in [0.2, 0.25) is 0 Å². The molecular weight excluding hydrogens is 462 g/mol. The summed E-state index contributed by atoms with van der Waals surface area (Å²) in [6.45, 7) is 4.98. The van der Waals surface area contributed by atoms with Gasteiger partial charge in [-0.2, -0.15) is 0 Å². The van der Waals surface area contributed by atoms with Crippen molar-refractivity contribution in [1.29, 1.82) is 0 Å². The van der Waals surface area contributed by atoms with E-state index in [9.17, 15) is 9.59 Å². The van der Waals surface area contributed by atoms with Crippen molar-refractivity contribution in [3.63, 3.8) is 0 Å². The molecule has 3 aliphatic rings. The molecule has 0 unspecified atom stereocenters. The van der Waals surface area contributed by atoms with Crippen LogP contribution in [0.4, 0.5) is 5.69 Å². The van der Waals surface area contributed by atoms with Gasteiger partial charge in [-0.05, 0) is 73.2 Å². The molecule has 0 radical (unpaired) electrons. The van der Waals surface area contributed by atoms with E-state index in [-0.39, 0.29) is 18.4 Å². The van der Waals surface area contributed by atoms with Gasteiger partial charge in [-0.3, -0.25) is 9.59 Å². The Bertz CT molecular complexity index is 1300. The van der Waals surface area contributed by atoms with Crippen LogP contribution in [0, 0.1) is 0 Å². The number of hydrogen-bond donors (Lipinski definition) is 0. The summed E-state index contributed by atoms with van der Waals surface area (Å²) in [6, 6.07) is 24.4. The molecule has 0 saturated carbocycles. The quantitative estimate of drug-likeness (QED) is 0.524. The molecule has 3 heterocycles. The average Bonchev–Trinajstić information content (AvgIpc) is 2.96. The van der Waals surface area contributed by atoms with E-state index >= 15 is 0 Å². The van der Waals surface area contributed by atoms with Crippen molar-refractivity contribution in [2.75, 3.05) is 44.2 Å². The Kier molecular flexibility index (Phi) is 6.66. The number of carbonyl (C=O) groups is 2. The van der Waals surface area contributed by atoms with Gasteiger partial charge in [0.25, 0.3) is 11.8 Å². The second-order valence-corrected chi connectivity index (χ2v) is 10.3. The van der Waals surface area contributed by atoms with E-state index in [0.717, 1.165) is 62.4 Å². The number of hydrogen-bond acceptors (Lipinski definition) is 4. The lowest BCUT2D eigenvalue weighted by Gasteiger charge is -2.36. The lowest BCUT2D eigenvalue weighted by Crippen LogP contribution is -2.45. The van der Waals surface area contributed by atoms with Crippen molar-refractivity contribution in [3.05, 3.63) is 95.1 Å². The molecule has 2 amide bonds. The van der Waals surface area contributed by atoms with Crippen LogP contribution >= 0.6 is 0 Å². The predicted octanol–water partition coefficient (Wildman–Crippen LogP) is 4.49. The van der Waals surface area contributed by atoms with Crippen molar-refractivity contribution < 1.29 is 14.3 Å². The summed E-state index contributed by atoms with van der Waals surface area (Å²) in [5.74, 6) is 1.32. The molecule has 0 aliphatic carbocycles. The molecule has 3 aromatic carbocycles. The number of rotatable bonds is 5. The van der Waals surface area contributed by atoms with Crippen LogP contribution < -0.4 is 9.64 Å². The van der Waals surface area contributed by atoms with Crippen LogP contribution in [0.3, 0.4) is 0 Å². The smallest absolute Gasteiger partial charge is 0.265 e. The lowest BCUT2D eigenvalue weighted by molar-refractivity contribution is -0.121. The van der Waals surface area contributed by atoms with Gasteiger partial charge < -0.3 is 19.4 Å². The molecule has 37 heavy (non-hydrogen) atoms. The van der Waals surface area contributed by atoms with E-state index < -0.39 is 0 Å². The molecule has 3 aromatic rings. The highest BCUT2D eigenvalue weighted by Gasteiger charge is 2.29. The van der Waals surface area contributed by atoms with Crippen LogP contribution in [0.1, 0.15) is 45.8 Å². The highest BCUT2D eigenvalue weighted by molar-refractivity contribution is 5.98. The number of benzene rings is 3. The SMILES string of the molecule is O=C(c1ccccc1C1CCN(CCN2C(=O)COc3ccccc32)CC1)N1CCc2ccccc2C1. The highest BCUT2D eigenvalue weighted by Crippen LogP contribution is 2.33. The van der Waals surface area contributed by atoms with Gasteiger partial charge in [0.1, 0.15) is 5.75 Å². The monoisotopic (exact) mass is 495 g/mol. The Balaban J connectivity index is 1.08. The molecule has 6 heteroatoms. The molecule has 0 spiro atoms. The minimum absolute atomic E-state index is 0.0151. The zero-order valence-electron chi connectivity index (χ0n) is 21.1. The van der Waals surface area contributed by atoms with Crippen molar-refractivity contribution in [2.45, 2.75) is 31.7 Å². The first-order chi connectivity index (χ1) is 18.2. The van der Waals surface area contributed by atoms with E-state index in [2.05, 4.69) is 41.3 Å². The predicted molar refractivity (Wildman–Crippen MR) is 144 cm³/mol. The van der Waals surface area contributed by atoms with E-state index in [1.165, 1.54) is 16.7 Å². The van der Waals surface area contributed by atoms with Gasteiger partial charge >= 0.3 is 0 Å². The number of ether oxygens (including phenoxy) is 1. The maximum atomic E-state index is 13.6. The second-order valence-electron chi connectivity index (χ2n) is 10.3. The third-order valence-corrected chi connectivity index (χ3v) is 8.08. The fourth-order valence-corrected chi connectivity index (χ4v) is 6.00. The van der Waals surface area contributed by atoms with Crippen molar-refractivity contribution in [2.24, 2.45) is 0 Å². The highest BCUT2D eigenvalue weighted by atomic mass is 16.5. The minimum Gasteiger partial charge on any atom is -0.482 e. The molecule has 0 bridgehead atoms. The van der Waals surface area contributed by atoms with Crippen LogP contribution in [0.2, 0.25) is 0 Å². The van der Waals surface area contributed by atoms with Crippen molar-refractivity contribution in [1.82, 2.24) is 9.80 Å². The molecule has 0 N–H and O–H groups in total. The van der Waals surface area contributed by atoms with Gasteiger partial charge in [-0.1, -0.05) is 54.6 Å². The van der Waals surface area contributed by atoms with Crippen LogP contribution in [0.25, 0.3) is 0 Å². The topological polar surface area (TPSA) is 53.1 Å². The summed E-state index contributed by atoms with van der Waals surface area (Å²) in [5, 5.41) is 0. The van der Waals surface area contributed by atoms with Crippen LogP contribution in [0.15, 0.2) is 72.8 Å². The number of nitrogens with zero attached hydrogens (tertiary/aromatic N) is 3. The van der Waals surface area contributed by atoms with E-state index in [1.807, 2.05) is 46.2 Å². The van der Waals surface area contributed by atoms with Crippen LogP contribution in [0.5, 0.6) is 5.75 Å². The number of likely N-dealkylation sites (tertiary alicyclic amines) is 1. The fraction of sp³-hybridized carbons (Fsp3) is 0.355. The molecule has 1 saturated heterocycles. The van der Waals surface area contributed by atoms with Crippen molar-refractivity contribution >= 4 is 17.5 Å². The van der Waals surface area contributed by atoms with Crippen LogP contribution in [-0.4, -0.2) is 60.9 Å². The second kappa shape index (κ2) is 10.4. The summed E-state index contributed by atoms with van der Waals surface area (Å²) in [7, 11) is 0. The first-order valence-electron chi connectivity index (χ1n) is 13.4. The van der Waals surface area contributed by atoms with Gasteiger partial charge in [-0.15, -0.1) is 0 Å². The van der Waals surface area contributed by atoms with Gasteiger partial charge in [-0.25, -0.2) is 0 Å². The Hall–Kier alpha value is -3.64. The van der Waals surface area contributed by atoms with Crippen LogP contribution in [-0.2, 0) is 17.8 Å². The molecule has 6 nitrogen and oxygen atoms in total. The maximum Gasteiger partial charge on any atom is 0.265 e. The number of amides is 2. The molecule has 190 valence electrons. The van der Waals surface area contributed by atoms with Gasteiger partial charge in [0.05, 0.1) is 5.69 Å². The largest absolute Gasteiger partial charge is 0.482 e. The van der Waals surface area contributed by atoms with E-state index in [0.29, 0.717) is 19.0 Å². The third kappa shape index (κ3) is 4.86. The van der Waals surface area contributed by atoms with E-state index in [4.69, 9.17) is 4.74 Å². The first-order valence-corrected chi connectivity index (χ1v) is 13.4. The van der Waals surface area contributed by atoms with Crippen molar-refractivity contribution in [3.8, 4) is 5.75 Å². The Morgan fingerprint density at radius 1 is 0.838 bits per heavy atom. The third-order valence-electron chi connectivity index (χ3n) is 8.08. The Labute approximate surface area is 218 Å². The molecule has 0 aromatic heterocycles. The molecule has 6 rings (SSSR count). The molecule has 1 fully saturated rings. The minimum atomic E-state index is 0.0151. The number of carbonyl (C=O) groups excluding carboxylic acids is 2. The average molecular weight is 496 g/mol. The van der Waals surface area contributed by atoms with E-state index in [1.54, 1.807) is 0 Å². The van der Waals surface area contributed by atoms with Gasteiger partial charge in [0.15, 0.2) is 6.61 Å². The standard InChI is InChI=1S/C31H33N3O3/c35-30-22-37-29-12-6-5-11-28(29)34(30)20-19-32-16-13-24(14-17-32)26-9-3-4-10-27(26)31(36)33-18-15-23-7-1-2-8-25(23)21-33/h1-12,24H,13-22H2.